The van der Waals surface area contributed by atoms with E-state index in [4.69, 9.17) is 5.73 Å². The molecule has 0 aromatic heterocycles. The summed E-state index contributed by atoms with van der Waals surface area (Å²) in [7, 11) is 0. The maximum Gasteiger partial charge on any atom is 0.0760 e. The summed E-state index contributed by atoms with van der Waals surface area (Å²) < 4.78 is 0. The Labute approximate surface area is 108 Å². The number of benzene rings is 1. The standard InChI is InChI=1S/C13H22N2OS/c1-3-15(4-2)9-12(16)10-17-13-7-5-11(14)6-8-13/h5-8,12,16H,3-4,9-10,14H2,1-2H3/t12-/m0/s1. The van der Waals surface area contributed by atoms with Crippen molar-refractivity contribution in [1.29, 1.82) is 0 Å². The fourth-order valence-electron chi connectivity index (χ4n) is 1.59. The van der Waals surface area contributed by atoms with E-state index in [0.29, 0.717) is 0 Å². The first-order valence-corrected chi connectivity index (χ1v) is 7.03. The van der Waals surface area contributed by atoms with Crippen LogP contribution in [0.3, 0.4) is 0 Å². The van der Waals surface area contributed by atoms with Crippen molar-refractivity contribution in [2.75, 3.05) is 31.1 Å². The van der Waals surface area contributed by atoms with Gasteiger partial charge in [0, 0.05) is 22.9 Å². The minimum absolute atomic E-state index is 0.280. The number of anilines is 1. The summed E-state index contributed by atoms with van der Waals surface area (Å²) >= 11 is 1.67. The van der Waals surface area contributed by atoms with E-state index >= 15 is 0 Å². The van der Waals surface area contributed by atoms with E-state index < -0.39 is 0 Å². The topological polar surface area (TPSA) is 49.5 Å². The molecule has 3 N–H and O–H groups in total. The van der Waals surface area contributed by atoms with E-state index in [9.17, 15) is 5.11 Å². The highest BCUT2D eigenvalue weighted by Gasteiger charge is 2.09. The second kappa shape index (κ2) is 7.58. The van der Waals surface area contributed by atoms with Gasteiger partial charge < -0.3 is 15.7 Å². The van der Waals surface area contributed by atoms with E-state index in [1.165, 1.54) is 0 Å². The minimum atomic E-state index is -0.280. The van der Waals surface area contributed by atoms with Crippen LogP contribution in [0.5, 0.6) is 0 Å². The van der Waals surface area contributed by atoms with Crippen molar-refractivity contribution in [3.63, 3.8) is 0 Å². The summed E-state index contributed by atoms with van der Waals surface area (Å²) in [6.45, 7) is 6.95. The summed E-state index contributed by atoms with van der Waals surface area (Å²) in [5.74, 6) is 0.723. The quantitative estimate of drug-likeness (QED) is 0.578. The molecule has 0 saturated heterocycles. The Morgan fingerprint density at radius 2 is 1.82 bits per heavy atom. The Balaban J connectivity index is 2.32. The smallest absolute Gasteiger partial charge is 0.0760 e. The highest BCUT2D eigenvalue weighted by Crippen LogP contribution is 2.20. The van der Waals surface area contributed by atoms with E-state index in [0.717, 1.165) is 36.0 Å². The zero-order valence-electron chi connectivity index (χ0n) is 10.6. The van der Waals surface area contributed by atoms with Gasteiger partial charge in [-0.2, -0.15) is 0 Å². The molecule has 0 radical (unpaired) electrons. The fourth-order valence-corrected chi connectivity index (χ4v) is 2.41. The average Bonchev–Trinajstić information content (AvgIpc) is 2.35. The number of nitrogens with two attached hydrogens (primary N) is 1. The van der Waals surface area contributed by atoms with Crippen molar-refractivity contribution in [2.24, 2.45) is 0 Å². The molecule has 0 amide bonds. The van der Waals surface area contributed by atoms with Gasteiger partial charge in [-0.25, -0.2) is 0 Å². The van der Waals surface area contributed by atoms with Crippen molar-refractivity contribution < 1.29 is 5.11 Å². The van der Waals surface area contributed by atoms with Crippen molar-refractivity contribution in [2.45, 2.75) is 24.8 Å². The van der Waals surface area contributed by atoms with Crippen LogP contribution in [-0.2, 0) is 0 Å². The normalized spacial score (nSPS) is 12.9. The molecule has 0 spiro atoms. The number of nitrogen functional groups attached to an aromatic ring is 1. The summed E-state index contributed by atoms with van der Waals surface area (Å²) in [5.41, 5.74) is 6.40. The van der Waals surface area contributed by atoms with Gasteiger partial charge >= 0.3 is 0 Å². The summed E-state index contributed by atoms with van der Waals surface area (Å²) in [6.07, 6.45) is -0.280. The van der Waals surface area contributed by atoms with E-state index in [-0.39, 0.29) is 6.10 Å². The average molecular weight is 254 g/mol. The molecule has 0 heterocycles. The number of aliphatic hydroxyl groups excluding tert-OH is 1. The Bertz CT molecular complexity index is 312. The van der Waals surface area contributed by atoms with Crippen LogP contribution in [-0.4, -0.2) is 41.5 Å². The molecule has 0 aliphatic rings. The monoisotopic (exact) mass is 254 g/mol. The predicted octanol–water partition coefficient (Wildman–Crippen LogP) is 2.06. The third-order valence-corrected chi connectivity index (χ3v) is 3.84. The van der Waals surface area contributed by atoms with Crippen LogP contribution >= 0.6 is 11.8 Å². The summed E-state index contributed by atoms with van der Waals surface area (Å²) in [5, 5.41) is 9.91. The molecule has 1 rings (SSSR count). The summed E-state index contributed by atoms with van der Waals surface area (Å²) in [4.78, 5) is 3.38. The zero-order valence-corrected chi connectivity index (χ0v) is 11.4. The lowest BCUT2D eigenvalue weighted by Gasteiger charge is -2.21. The Hall–Kier alpha value is -0.710. The third kappa shape index (κ3) is 5.44. The largest absolute Gasteiger partial charge is 0.399 e. The van der Waals surface area contributed by atoms with Crippen molar-refractivity contribution in [3.05, 3.63) is 24.3 Å². The second-order valence-electron chi connectivity index (χ2n) is 4.02. The second-order valence-corrected chi connectivity index (χ2v) is 5.11. The Morgan fingerprint density at radius 3 is 2.35 bits per heavy atom. The van der Waals surface area contributed by atoms with E-state index in [2.05, 4.69) is 18.7 Å². The number of nitrogens with zero attached hydrogens (tertiary/aromatic N) is 1. The minimum Gasteiger partial charge on any atom is -0.399 e. The molecule has 4 heteroatoms. The van der Waals surface area contributed by atoms with Crippen molar-refractivity contribution in [1.82, 2.24) is 4.90 Å². The summed E-state index contributed by atoms with van der Waals surface area (Å²) in [6, 6.07) is 7.76. The van der Waals surface area contributed by atoms with Crippen molar-refractivity contribution >= 4 is 17.4 Å². The van der Waals surface area contributed by atoms with Crippen LogP contribution < -0.4 is 5.73 Å². The Morgan fingerprint density at radius 1 is 1.24 bits per heavy atom. The van der Waals surface area contributed by atoms with Gasteiger partial charge in [0.2, 0.25) is 0 Å². The number of hydrogen-bond acceptors (Lipinski definition) is 4. The first-order chi connectivity index (χ1) is 8.15. The number of thioether (sulfide) groups is 1. The number of likely N-dealkylation sites (N-methyl/N-ethyl adjacent to an activating group) is 1. The van der Waals surface area contributed by atoms with Crippen LogP contribution in [0.25, 0.3) is 0 Å². The van der Waals surface area contributed by atoms with Crippen LogP contribution in [0.2, 0.25) is 0 Å². The first-order valence-electron chi connectivity index (χ1n) is 6.04. The van der Waals surface area contributed by atoms with Gasteiger partial charge in [-0.1, -0.05) is 13.8 Å². The van der Waals surface area contributed by atoms with Gasteiger partial charge in [-0.15, -0.1) is 11.8 Å². The van der Waals surface area contributed by atoms with Crippen LogP contribution in [0.4, 0.5) is 5.69 Å². The van der Waals surface area contributed by atoms with Gasteiger partial charge in [-0.05, 0) is 37.4 Å². The number of hydrogen-bond donors (Lipinski definition) is 2. The van der Waals surface area contributed by atoms with Gasteiger partial charge in [0.1, 0.15) is 0 Å². The molecule has 0 aliphatic carbocycles. The maximum absolute atomic E-state index is 9.91. The molecule has 0 aliphatic heterocycles. The highest BCUT2D eigenvalue weighted by atomic mass is 32.2. The van der Waals surface area contributed by atoms with Crippen LogP contribution in [0.1, 0.15) is 13.8 Å². The lowest BCUT2D eigenvalue weighted by molar-refractivity contribution is 0.137. The first kappa shape index (κ1) is 14.4. The highest BCUT2D eigenvalue weighted by molar-refractivity contribution is 7.99. The lowest BCUT2D eigenvalue weighted by atomic mass is 10.3. The van der Waals surface area contributed by atoms with Gasteiger partial charge in [-0.3, -0.25) is 0 Å². The Kier molecular flexibility index (Phi) is 6.40. The van der Waals surface area contributed by atoms with Gasteiger partial charge in [0.15, 0.2) is 0 Å². The molecule has 0 unspecified atom stereocenters. The molecule has 3 nitrogen and oxygen atoms in total. The fraction of sp³-hybridized carbons (Fsp3) is 0.538. The molecule has 1 aromatic carbocycles. The van der Waals surface area contributed by atoms with Crippen LogP contribution in [0, 0.1) is 0 Å². The number of rotatable bonds is 7. The predicted molar refractivity (Wildman–Crippen MR) is 75.4 cm³/mol. The van der Waals surface area contributed by atoms with E-state index in [1.54, 1.807) is 11.8 Å². The molecule has 1 aromatic rings. The third-order valence-electron chi connectivity index (χ3n) is 2.69. The number of aliphatic hydroxyl groups is 1. The SMILES string of the molecule is CCN(CC)C[C@H](O)CSc1ccc(N)cc1. The molecule has 96 valence electrons. The van der Waals surface area contributed by atoms with Crippen molar-refractivity contribution in [3.8, 4) is 0 Å². The lowest BCUT2D eigenvalue weighted by Crippen LogP contribution is -2.33. The zero-order chi connectivity index (χ0) is 12.7. The van der Waals surface area contributed by atoms with Gasteiger partial charge in [0.25, 0.3) is 0 Å². The molecular formula is C13H22N2OS. The molecule has 0 bridgehead atoms. The molecule has 1 atom stereocenters. The molecule has 0 fully saturated rings. The maximum atomic E-state index is 9.91. The molecule has 0 saturated carbocycles. The van der Waals surface area contributed by atoms with Crippen LogP contribution in [0.15, 0.2) is 29.2 Å². The van der Waals surface area contributed by atoms with Gasteiger partial charge in [0.05, 0.1) is 6.10 Å². The van der Waals surface area contributed by atoms with E-state index in [1.807, 2.05) is 24.3 Å². The molecular weight excluding hydrogens is 232 g/mol. The molecule has 17 heavy (non-hydrogen) atoms.